The molecule has 0 aliphatic heterocycles. The first kappa shape index (κ1) is 20.5. The number of hydrogen-bond acceptors (Lipinski definition) is 6. The first-order valence-corrected chi connectivity index (χ1v) is 9.32. The fourth-order valence-electron chi connectivity index (χ4n) is 2.48. The Bertz CT molecular complexity index is 865. The number of hydrogen-bond donors (Lipinski definition) is 1. The van der Waals surface area contributed by atoms with Gasteiger partial charge in [-0.25, -0.2) is 4.98 Å². The van der Waals surface area contributed by atoms with E-state index in [4.69, 9.17) is 0 Å². The van der Waals surface area contributed by atoms with Gasteiger partial charge in [0.25, 0.3) is 11.6 Å². The molecule has 0 spiro atoms. The molecule has 0 radical (unpaired) electrons. The molecule has 1 aromatic carbocycles. The van der Waals surface area contributed by atoms with Crippen molar-refractivity contribution in [2.24, 2.45) is 0 Å². The third kappa shape index (κ3) is 5.10. The number of carbonyl (C=O) groups is 2. The normalized spacial score (nSPS) is 11.7. The van der Waals surface area contributed by atoms with Gasteiger partial charge < -0.3 is 10.2 Å². The highest BCUT2D eigenvalue weighted by Gasteiger charge is 2.25. The van der Waals surface area contributed by atoms with Gasteiger partial charge in [-0.05, 0) is 33.3 Å². The predicted octanol–water partition coefficient (Wildman–Crippen LogP) is 3.55. The molecule has 1 atom stereocenters. The van der Waals surface area contributed by atoms with Crippen LogP contribution in [-0.2, 0) is 4.79 Å². The molecule has 0 aliphatic carbocycles. The zero-order valence-electron chi connectivity index (χ0n) is 15.7. The van der Waals surface area contributed by atoms with Crippen molar-refractivity contribution in [2.75, 3.05) is 11.9 Å². The van der Waals surface area contributed by atoms with Crippen molar-refractivity contribution in [3.05, 3.63) is 50.5 Å². The summed E-state index contributed by atoms with van der Waals surface area (Å²) >= 11 is 1.35. The largest absolute Gasteiger partial charge is 0.327 e. The van der Waals surface area contributed by atoms with E-state index < -0.39 is 10.8 Å². The quantitative estimate of drug-likeness (QED) is 0.575. The van der Waals surface area contributed by atoms with Crippen LogP contribution in [0.15, 0.2) is 24.4 Å². The Morgan fingerprint density at radius 1 is 1.37 bits per heavy atom. The van der Waals surface area contributed by atoms with Gasteiger partial charge in [0.2, 0.25) is 5.91 Å². The highest BCUT2D eigenvalue weighted by Crippen LogP contribution is 2.22. The lowest BCUT2D eigenvalue weighted by molar-refractivity contribution is -0.385. The highest BCUT2D eigenvalue weighted by atomic mass is 32.1. The van der Waals surface area contributed by atoms with Gasteiger partial charge in [-0.1, -0.05) is 13.0 Å². The van der Waals surface area contributed by atoms with Crippen LogP contribution >= 0.6 is 11.3 Å². The van der Waals surface area contributed by atoms with Crippen molar-refractivity contribution in [1.29, 1.82) is 0 Å². The smallest absolute Gasteiger partial charge is 0.273 e. The zero-order chi connectivity index (χ0) is 20.1. The maximum atomic E-state index is 12.9. The van der Waals surface area contributed by atoms with Crippen molar-refractivity contribution < 1.29 is 14.5 Å². The molecule has 0 saturated carbocycles. The van der Waals surface area contributed by atoms with Crippen LogP contribution in [-0.4, -0.2) is 39.2 Å². The summed E-state index contributed by atoms with van der Waals surface area (Å²) in [6.45, 7) is 7.08. The number of nitrogens with one attached hydrogen (secondary N) is 1. The second-order valence-corrected chi connectivity index (χ2v) is 7.51. The minimum atomic E-state index is -0.517. The molecule has 2 aromatic rings. The summed E-state index contributed by atoms with van der Waals surface area (Å²) in [4.78, 5) is 42.4. The Labute approximate surface area is 161 Å². The first-order chi connectivity index (χ1) is 12.7. The van der Waals surface area contributed by atoms with E-state index in [9.17, 15) is 19.7 Å². The Hall–Kier alpha value is -2.81. The van der Waals surface area contributed by atoms with Gasteiger partial charge in [-0.15, -0.1) is 11.3 Å². The van der Waals surface area contributed by atoms with Crippen LogP contribution in [0.4, 0.5) is 10.8 Å². The number of nitrogens with zero attached hydrogens (tertiary/aromatic N) is 3. The minimum Gasteiger partial charge on any atom is -0.327 e. The number of nitro benzene ring substituents is 1. The summed E-state index contributed by atoms with van der Waals surface area (Å²) in [5.41, 5.74) is 0.543. The van der Waals surface area contributed by atoms with Gasteiger partial charge in [-0.2, -0.15) is 0 Å². The van der Waals surface area contributed by atoms with Crippen molar-refractivity contribution in [1.82, 2.24) is 9.88 Å². The average molecular weight is 390 g/mol. The van der Waals surface area contributed by atoms with Crippen molar-refractivity contribution >= 4 is 34.0 Å². The molecule has 2 amide bonds. The molecule has 0 bridgehead atoms. The van der Waals surface area contributed by atoms with Crippen molar-refractivity contribution in [2.45, 2.75) is 40.2 Å². The molecular formula is C18H22N4O4S. The molecule has 9 heteroatoms. The number of carbonyl (C=O) groups excluding carboxylic acids is 2. The summed E-state index contributed by atoms with van der Waals surface area (Å²) in [6, 6.07) is 4.14. The van der Waals surface area contributed by atoms with Gasteiger partial charge in [0.15, 0.2) is 5.13 Å². The lowest BCUT2D eigenvalue weighted by Crippen LogP contribution is -2.43. The topological polar surface area (TPSA) is 105 Å². The van der Waals surface area contributed by atoms with E-state index in [0.717, 1.165) is 4.88 Å². The monoisotopic (exact) mass is 390 g/mol. The number of aryl methyl sites for hydroxylation is 2. The van der Waals surface area contributed by atoms with Crippen LogP contribution < -0.4 is 5.32 Å². The fraction of sp³-hybridized carbons (Fsp3) is 0.389. The Morgan fingerprint density at radius 2 is 2.07 bits per heavy atom. The molecule has 0 saturated heterocycles. The third-order valence-electron chi connectivity index (χ3n) is 4.22. The maximum Gasteiger partial charge on any atom is 0.273 e. The van der Waals surface area contributed by atoms with E-state index in [1.54, 1.807) is 25.3 Å². The van der Waals surface area contributed by atoms with E-state index in [2.05, 4.69) is 10.3 Å². The maximum absolute atomic E-state index is 12.9. The molecule has 144 valence electrons. The SMILES string of the molecule is CCC(C)N(CC(=O)Nc1ncc(C)s1)C(=O)c1ccc(C)c([N+](=O)[O-])c1. The molecule has 1 unspecified atom stereocenters. The van der Waals surface area contributed by atoms with E-state index >= 15 is 0 Å². The van der Waals surface area contributed by atoms with Crippen LogP contribution in [0, 0.1) is 24.0 Å². The predicted molar refractivity (Wildman–Crippen MR) is 104 cm³/mol. The molecule has 27 heavy (non-hydrogen) atoms. The molecule has 0 aliphatic rings. The molecule has 1 N–H and O–H groups in total. The van der Waals surface area contributed by atoms with Crippen LogP contribution in [0.5, 0.6) is 0 Å². The van der Waals surface area contributed by atoms with E-state index in [1.165, 1.54) is 22.3 Å². The average Bonchev–Trinajstić information content (AvgIpc) is 3.03. The molecule has 1 aromatic heterocycles. The minimum absolute atomic E-state index is 0.118. The number of nitro groups is 1. The number of aromatic nitrogens is 1. The lowest BCUT2D eigenvalue weighted by Gasteiger charge is -2.28. The van der Waals surface area contributed by atoms with Gasteiger partial charge >= 0.3 is 0 Å². The van der Waals surface area contributed by atoms with Crippen LogP contribution in [0.25, 0.3) is 0 Å². The van der Waals surface area contributed by atoms with E-state index in [-0.39, 0.29) is 29.7 Å². The van der Waals surface area contributed by atoms with Gasteiger partial charge in [-0.3, -0.25) is 19.7 Å². The molecule has 1 heterocycles. The summed E-state index contributed by atoms with van der Waals surface area (Å²) in [5.74, 6) is -0.780. The Kier molecular flexibility index (Phi) is 6.62. The van der Waals surface area contributed by atoms with Gasteiger partial charge in [0.1, 0.15) is 6.54 Å². The number of anilines is 1. The van der Waals surface area contributed by atoms with Crippen LogP contribution in [0.3, 0.4) is 0 Å². The number of benzene rings is 1. The Morgan fingerprint density at radius 3 is 2.63 bits per heavy atom. The summed E-state index contributed by atoms with van der Waals surface area (Å²) < 4.78 is 0. The van der Waals surface area contributed by atoms with Gasteiger partial charge in [0.05, 0.1) is 4.92 Å². The number of amides is 2. The number of thiazole rings is 1. The third-order valence-corrected chi connectivity index (χ3v) is 5.05. The fourth-order valence-corrected chi connectivity index (χ4v) is 3.16. The standard InChI is InChI=1S/C18H22N4O4S/c1-5-12(3)21(10-16(23)20-18-19-9-13(4)27-18)17(24)14-7-6-11(2)15(8-14)22(25)26/h6-9,12H,5,10H2,1-4H3,(H,19,20,23). The first-order valence-electron chi connectivity index (χ1n) is 8.51. The molecular weight excluding hydrogens is 368 g/mol. The van der Waals surface area contributed by atoms with Gasteiger partial charge in [0, 0.05) is 34.3 Å². The number of rotatable bonds is 7. The van der Waals surface area contributed by atoms with Crippen LogP contribution in [0.1, 0.15) is 41.1 Å². The lowest BCUT2D eigenvalue weighted by atomic mass is 10.1. The molecule has 8 nitrogen and oxygen atoms in total. The summed E-state index contributed by atoms with van der Waals surface area (Å²) in [5, 5.41) is 14.3. The van der Waals surface area contributed by atoms with Crippen molar-refractivity contribution in [3.8, 4) is 0 Å². The van der Waals surface area contributed by atoms with E-state index in [1.807, 2.05) is 20.8 Å². The highest BCUT2D eigenvalue weighted by molar-refractivity contribution is 7.15. The summed E-state index contributed by atoms with van der Waals surface area (Å²) in [7, 11) is 0. The summed E-state index contributed by atoms with van der Waals surface area (Å²) in [6.07, 6.45) is 2.30. The molecule has 2 rings (SSSR count). The second-order valence-electron chi connectivity index (χ2n) is 6.27. The second kappa shape index (κ2) is 8.72. The molecule has 0 fully saturated rings. The van der Waals surface area contributed by atoms with E-state index in [0.29, 0.717) is 17.1 Å². The van der Waals surface area contributed by atoms with Crippen molar-refractivity contribution in [3.63, 3.8) is 0 Å². The van der Waals surface area contributed by atoms with Crippen LogP contribution in [0.2, 0.25) is 0 Å². The zero-order valence-corrected chi connectivity index (χ0v) is 16.5. The Balaban J connectivity index is 2.22.